The predicted octanol–water partition coefficient (Wildman–Crippen LogP) is 3.08. The summed E-state index contributed by atoms with van der Waals surface area (Å²) in [5.41, 5.74) is 0. The molecule has 0 spiro atoms. The first-order valence-electron chi connectivity index (χ1n) is 4.20. The fourth-order valence-corrected chi connectivity index (χ4v) is 1.19. The van der Waals surface area contributed by atoms with E-state index in [9.17, 15) is 0 Å². The van der Waals surface area contributed by atoms with Crippen LogP contribution in [0.15, 0.2) is 0 Å². The molecule has 0 radical (unpaired) electrons. The highest BCUT2D eigenvalue weighted by molar-refractivity contribution is 4.90. The van der Waals surface area contributed by atoms with Crippen LogP contribution in [0.4, 0.5) is 0 Å². The monoisotopic (exact) mass is 138 g/mol. The van der Waals surface area contributed by atoms with Crippen LogP contribution in [0, 0.1) is 24.2 Å². The van der Waals surface area contributed by atoms with Gasteiger partial charge in [0.2, 0.25) is 0 Å². The minimum Gasteiger partial charge on any atom is -0.120 e. The second-order valence-corrected chi connectivity index (χ2v) is 2.99. The molecule has 0 nitrogen and oxygen atoms in total. The summed E-state index contributed by atoms with van der Waals surface area (Å²) in [6.07, 6.45) is 9.01. The molecule has 0 saturated carbocycles. The first-order chi connectivity index (χ1) is 4.74. The number of hydrogen-bond acceptors (Lipinski definition) is 0. The fourth-order valence-electron chi connectivity index (χ4n) is 1.19. The lowest BCUT2D eigenvalue weighted by molar-refractivity contribution is 0.415. The molecule has 0 aliphatic heterocycles. The van der Waals surface area contributed by atoms with Crippen molar-refractivity contribution in [2.75, 3.05) is 0 Å². The third-order valence-corrected chi connectivity index (χ3v) is 2.13. The summed E-state index contributed by atoms with van der Waals surface area (Å²) < 4.78 is 0. The molecule has 0 fully saturated rings. The van der Waals surface area contributed by atoms with E-state index >= 15 is 0 Å². The zero-order valence-electron chi connectivity index (χ0n) is 7.35. The summed E-state index contributed by atoms with van der Waals surface area (Å²) in [4.78, 5) is 0. The lowest BCUT2D eigenvalue weighted by atomic mass is 9.92. The molecule has 0 heteroatoms. The molecular weight excluding hydrogens is 120 g/mol. The quantitative estimate of drug-likeness (QED) is 0.524. The molecule has 0 aromatic heterocycles. The van der Waals surface area contributed by atoms with Crippen molar-refractivity contribution in [3.8, 4) is 12.3 Å². The van der Waals surface area contributed by atoms with E-state index in [1.54, 1.807) is 0 Å². The minimum atomic E-state index is 0.463. The first kappa shape index (κ1) is 9.56. The van der Waals surface area contributed by atoms with Gasteiger partial charge in [-0.15, -0.1) is 12.3 Å². The molecule has 0 amide bonds. The van der Waals surface area contributed by atoms with Crippen LogP contribution < -0.4 is 0 Å². The van der Waals surface area contributed by atoms with E-state index in [4.69, 9.17) is 6.42 Å². The second kappa shape index (κ2) is 5.35. The van der Waals surface area contributed by atoms with Crippen LogP contribution in [0.2, 0.25) is 0 Å². The van der Waals surface area contributed by atoms with Crippen molar-refractivity contribution >= 4 is 0 Å². The fraction of sp³-hybridized carbons (Fsp3) is 0.800. The van der Waals surface area contributed by atoms with Crippen molar-refractivity contribution < 1.29 is 0 Å². The van der Waals surface area contributed by atoms with Crippen molar-refractivity contribution in [1.82, 2.24) is 0 Å². The predicted molar refractivity (Wildman–Crippen MR) is 46.7 cm³/mol. The van der Waals surface area contributed by atoms with E-state index in [-0.39, 0.29) is 0 Å². The molecule has 1 atom stereocenters. The molecule has 10 heavy (non-hydrogen) atoms. The summed E-state index contributed by atoms with van der Waals surface area (Å²) in [5.74, 6) is 4.07. The van der Waals surface area contributed by atoms with Gasteiger partial charge in [0.25, 0.3) is 0 Å². The lowest BCUT2D eigenvalue weighted by Crippen LogP contribution is -2.02. The maximum absolute atomic E-state index is 5.28. The largest absolute Gasteiger partial charge is 0.120 e. The Morgan fingerprint density at radius 1 is 1.30 bits per heavy atom. The van der Waals surface area contributed by atoms with Gasteiger partial charge in [-0.3, -0.25) is 0 Å². The number of hydrogen-bond donors (Lipinski definition) is 0. The van der Waals surface area contributed by atoms with Crippen LogP contribution in [0.3, 0.4) is 0 Å². The normalized spacial score (nSPS) is 13.1. The smallest absolute Gasteiger partial charge is 0.0174 e. The molecule has 0 N–H and O–H groups in total. The molecule has 0 aromatic rings. The minimum absolute atomic E-state index is 0.463. The Bertz CT molecular complexity index is 104. The summed E-state index contributed by atoms with van der Waals surface area (Å²) in [5, 5.41) is 0. The van der Waals surface area contributed by atoms with Gasteiger partial charge in [0, 0.05) is 5.92 Å². The maximum atomic E-state index is 5.28. The number of terminal acetylenes is 1. The average Bonchev–Trinajstić information content (AvgIpc) is 1.99. The van der Waals surface area contributed by atoms with Gasteiger partial charge >= 0.3 is 0 Å². The van der Waals surface area contributed by atoms with Crippen LogP contribution >= 0.6 is 0 Å². The Kier molecular flexibility index (Phi) is 5.12. The Morgan fingerprint density at radius 3 is 2.10 bits per heavy atom. The van der Waals surface area contributed by atoms with Gasteiger partial charge in [-0.25, -0.2) is 0 Å². The van der Waals surface area contributed by atoms with E-state index in [1.807, 2.05) is 0 Å². The summed E-state index contributed by atoms with van der Waals surface area (Å²) >= 11 is 0. The van der Waals surface area contributed by atoms with Crippen molar-refractivity contribution in [3.63, 3.8) is 0 Å². The van der Waals surface area contributed by atoms with Gasteiger partial charge in [0.15, 0.2) is 0 Å². The zero-order chi connectivity index (χ0) is 7.98. The van der Waals surface area contributed by atoms with E-state index in [0.717, 1.165) is 5.92 Å². The summed E-state index contributed by atoms with van der Waals surface area (Å²) in [6, 6.07) is 0. The molecule has 0 aliphatic carbocycles. The van der Waals surface area contributed by atoms with Crippen LogP contribution in [-0.2, 0) is 0 Å². The van der Waals surface area contributed by atoms with Gasteiger partial charge in [0.05, 0.1) is 0 Å². The average molecular weight is 138 g/mol. The van der Waals surface area contributed by atoms with E-state index in [2.05, 4.69) is 26.7 Å². The van der Waals surface area contributed by atoms with Crippen molar-refractivity contribution in [2.45, 2.75) is 40.0 Å². The van der Waals surface area contributed by atoms with Gasteiger partial charge in [0.1, 0.15) is 0 Å². The Morgan fingerprint density at radius 2 is 1.80 bits per heavy atom. The first-order valence-corrected chi connectivity index (χ1v) is 4.20. The summed E-state index contributed by atoms with van der Waals surface area (Å²) in [6.45, 7) is 6.59. The van der Waals surface area contributed by atoms with Crippen LogP contribution in [0.5, 0.6) is 0 Å². The molecule has 0 heterocycles. The number of rotatable bonds is 4. The van der Waals surface area contributed by atoms with Crippen molar-refractivity contribution in [1.29, 1.82) is 0 Å². The molecule has 0 rings (SSSR count). The summed E-state index contributed by atoms with van der Waals surface area (Å²) in [7, 11) is 0. The zero-order valence-corrected chi connectivity index (χ0v) is 7.35. The van der Waals surface area contributed by atoms with Gasteiger partial charge in [-0.1, -0.05) is 33.6 Å². The Hall–Kier alpha value is -0.440. The SMILES string of the molecule is C#CC(C)CC(CC)CC. The topological polar surface area (TPSA) is 0 Å². The van der Waals surface area contributed by atoms with E-state index in [0.29, 0.717) is 5.92 Å². The third kappa shape index (κ3) is 3.56. The van der Waals surface area contributed by atoms with Crippen molar-refractivity contribution in [3.05, 3.63) is 0 Å². The Balaban J connectivity index is 3.54. The molecule has 0 aromatic carbocycles. The molecule has 0 aliphatic rings. The van der Waals surface area contributed by atoms with Crippen LogP contribution in [0.1, 0.15) is 40.0 Å². The standard InChI is InChI=1S/C10H18/c1-5-9(4)8-10(6-2)7-3/h1,9-10H,6-8H2,2-4H3. The molecule has 0 saturated heterocycles. The van der Waals surface area contributed by atoms with Gasteiger partial charge in [-0.2, -0.15) is 0 Å². The van der Waals surface area contributed by atoms with E-state index < -0.39 is 0 Å². The van der Waals surface area contributed by atoms with Crippen molar-refractivity contribution in [2.24, 2.45) is 11.8 Å². The van der Waals surface area contributed by atoms with Gasteiger partial charge in [-0.05, 0) is 12.3 Å². The molecular formula is C10H18. The highest BCUT2D eigenvalue weighted by Crippen LogP contribution is 2.17. The lowest BCUT2D eigenvalue weighted by Gasteiger charge is -2.13. The molecule has 1 unspecified atom stereocenters. The molecule has 58 valence electrons. The highest BCUT2D eigenvalue weighted by Gasteiger charge is 2.06. The maximum Gasteiger partial charge on any atom is 0.0174 e. The van der Waals surface area contributed by atoms with Crippen LogP contribution in [-0.4, -0.2) is 0 Å². The van der Waals surface area contributed by atoms with Crippen LogP contribution in [0.25, 0.3) is 0 Å². The second-order valence-electron chi connectivity index (χ2n) is 2.99. The Labute approximate surface area is 65.0 Å². The molecule has 0 bridgehead atoms. The van der Waals surface area contributed by atoms with Gasteiger partial charge < -0.3 is 0 Å². The third-order valence-electron chi connectivity index (χ3n) is 2.13. The highest BCUT2D eigenvalue weighted by atomic mass is 14.1. The van der Waals surface area contributed by atoms with E-state index in [1.165, 1.54) is 19.3 Å².